The van der Waals surface area contributed by atoms with Crippen LogP contribution in [-0.4, -0.2) is 11.5 Å². The molecule has 2 aromatic carbocycles. The highest BCUT2D eigenvalue weighted by molar-refractivity contribution is 5.40. The van der Waals surface area contributed by atoms with Gasteiger partial charge in [-0.25, -0.2) is 4.39 Å². The lowest BCUT2D eigenvalue weighted by atomic mass is 10.1. The molecule has 21 heavy (non-hydrogen) atoms. The van der Waals surface area contributed by atoms with Crippen LogP contribution >= 0.6 is 0 Å². The molecule has 0 radical (unpaired) electrons. The van der Waals surface area contributed by atoms with E-state index in [1.807, 2.05) is 18.2 Å². The second-order valence-electron chi connectivity index (χ2n) is 4.80. The fourth-order valence-corrected chi connectivity index (χ4v) is 2.16. The maximum absolute atomic E-state index is 13.2. The summed E-state index contributed by atoms with van der Waals surface area (Å²) in [6, 6.07) is 13.6. The van der Waals surface area contributed by atoms with Gasteiger partial charge in [0.15, 0.2) is 0 Å². The number of aryl methyl sites for hydroxylation is 1. The molecule has 110 valence electrons. The predicted molar refractivity (Wildman–Crippen MR) is 79.5 cm³/mol. The highest BCUT2D eigenvalue weighted by Crippen LogP contribution is 2.19. The van der Waals surface area contributed by atoms with Gasteiger partial charge in [-0.15, -0.1) is 0 Å². The van der Waals surface area contributed by atoms with Crippen molar-refractivity contribution in [3.8, 4) is 0 Å². The first-order chi connectivity index (χ1) is 10.2. The molecule has 5 heteroatoms. The summed E-state index contributed by atoms with van der Waals surface area (Å²) in [6.45, 7) is 1.02. The van der Waals surface area contributed by atoms with E-state index in [1.165, 1.54) is 17.7 Å². The van der Waals surface area contributed by atoms with Gasteiger partial charge in [-0.2, -0.15) is 0 Å². The van der Waals surface area contributed by atoms with E-state index in [9.17, 15) is 14.5 Å². The van der Waals surface area contributed by atoms with Gasteiger partial charge in [-0.05, 0) is 37.1 Å². The second-order valence-corrected chi connectivity index (χ2v) is 4.80. The van der Waals surface area contributed by atoms with Crippen LogP contribution in [0, 0.1) is 15.9 Å². The third-order valence-corrected chi connectivity index (χ3v) is 3.22. The Morgan fingerprint density at radius 2 is 1.90 bits per heavy atom. The van der Waals surface area contributed by atoms with Crippen LogP contribution in [0.5, 0.6) is 0 Å². The zero-order valence-corrected chi connectivity index (χ0v) is 11.6. The highest BCUT2D eigenvalue weighted by atomic mass is 19.1. The molecule has 0 bridgehead atoms. The number of halogens is 1. The molecule has 4 nitrogen and oxygen atoms in total. The van der Waals surface area contributed by atoms with Crippen LogP contribution in [0.15, 0.2) is 48.5 Å². The van der Waals surface area contributed by atoms with E-state index in [0.29, 0.717) is 12.1 Å². The molecule has 0 aliphatic carbocycles. The maximum atomic E-state index is 13.2. The molecule has 0 aromatic heterocycles. The van der Waals surface area contributed by atoms with Crippen molar-refractivity contribution >= 4 is 5.69 Å². The average Bonchev–Trinajstić information content (AvgIpc) is 2.48. The van der Waals surface area contributed by atoms with E-state index in [0.717, 1.165) is 25.5 Å². The number of nitro benzene ring substituents is 1. The molecule has 0 unspecified atom stereocenters. The summed E-state index contributed by atoms with van der Waals surface area (Å²) in [4.78, 5) is 10.4. The van der Waals surface area contributed by atoms with Crippen LogP contribution < -0.4 is 5.32 Å². The van der Waals surface area contributed by atoms with Gasteiger partial charge in [-0.1, -0.05) is 30.3 Å². The summed E-state index contributed by atoms with van der Waals surface area (Å²) in [5.74, 6) is -0.457. The molecular weight excluding hydrogens is 271 g/mol. The number of nitrogens with one attached hydrogen (secondary N) is 1. The largest absolute Gasteiger partial charge is 0.312 e. The topological polar surface area (TPSA) is 55.2 Å². The normalized spacial score (nSPS) is 10.5. The monoisotopic (exact) mass is 288 g/mol. The average molecular weight is 288 g/mol. The number of rotatable bonds is 7. The van der Waals surface area contributed by atoms with Gasteiger partial charge in [0.05, 0.1) is 4.92 Å². The molecule has 0 saturated carbocycles. The number of hydrogen-bond donors (Lipinski definition) is 1. The van der Waals surface area contributed by atoms with Crippen molar-refractivity contribution in [2.45, 2.75) is 19.4 Å². The van der Waals surface area contributed by atoms with Crippen molar-refractivity contribution in [2.75, 3.05) is 6.54 Å². The zero-order valence-electron chi connectivity index (χ0n) is 11.6. The summed E-state index contributed by atoms with van der Waals surface area (Å²) in [7, 11) is 0. The van der Waals surface area contributed by atoms with E-state index in [4.69, 9.17) is 0 Å². The lowest BCUT2D eigenvalue weighted by Gasteiger charge is -2.06. The summed E-state index contributed by atoms with van der Waals surface area (Å²) in [6.07, 6.45) is 1.87. The van der Waals surface area contributed by atoms with Gasteiger partial charge >= 0.3 is 0 Å². The second kappa shape index (κ2) is 7.50. The Kier molecular flexibility index (Phi) is 5.40. The van der Waals surface area contributed by atoms with Crippen LogP contribution in [0.25, 0.3) is 0 Å². The fraction of sp³-hybridized carbons (Fsp3) is 0.250. The highest BCUT2D eigenvalue weighted by Gasteiger charge is 2.13. The third-order valence-electron chi connectivity index (χ3n) is 3.22. The van der Waals surface area contributed by atoms with E-state index in [1.54, 1.807) is 0 Å². The minimum Gasteiger partial charge on any atom is -0.312 e. The molecule has 2 aromatic rings. The van der Waals surface area contributed by atoms with Gasteiger partial charge in [0.2, 0.25) is 0 Å². The van der Waals surface area contributed by atoms with Crippen LogP contribution in [-0.2, 0) is 13.0 Å². The summed E-state index contributed by atoms with van der Waals surface area (Å²) >= 11 is 0. The Morgan fingerprint density at radius 3 is 2.62 bits per heavy atom. The van der Waals surface area contributed by atoms with Gasteiger partial charge < -0.3 is 5.32 Å². The number of nitro groups is 1. The van der Waals surface area contributed by atoms with Crippen molar-refractivity contribution in [1.82, 2.24) is 5.32 Å². The molecule has 0 amide bonds. The Morgan fingerprint density at radius 1 is 1.14 bits per heavy atom. The van der Waals surface area contributed by atoms with E-state index >= 15 is 0 Å². The van der Waals surface area contributed by atoms with E-state index in [2.05, 4.69) is 17.4 Å². The molecule has 0 atom stereocenters. The summed E-state index contributed by atoms with van der Waals surface area (Å²) < 4.78 is 13.2. The molecule has 0 heterocycles. The van der Waals surface area contributed by atoms with Crippen LogP contribution in [0.1, 0.15) is 17.5 Å². The van der Waals surface area contributed by atoms with Crippen LogP contribution in [0.2, 0.25) is 0 Å². The predicted octanol–water partition coefficient (Wildman–Crippen LogP) is 3.46. The Hall–Kier alpha value is -2.27. The van der Waals surface area contributed by atoms with Crippen molar-refractivity contribution in [3.05, 3.63) is 75.6 Å². The smallest absolute Gasteiger partial charge is 0.274 e. The first-order valence-corrected chi connectivity index (χ1v) is 6.84. The first-order valence-electron chi connectivity index (χ1n) is 6.84. The SMILES string of the molecule is O=[N+]([O-])c1ccc(F)cc1CNCCCc1ccccc1. The van der Waals surface area contributed by atoms with Crippen molar-refractivity contribution in [2.24, 2.45) is 0 Å². The Labute approximate surface area is 122 Å². The minimum atomic E-state index is -0.486. The third kappa shape index (κ3) is 4.65. The summed E-state index contributed by atoms with van der Waals surface area (Å²) in [5, 5.41) is 14.0. The van der Waals surface area contributed by atoms with Crippen molar-refractivity contribution in [1.29, 1.82) is 0 Å². The van der Waals surface area contributed by atoms with Gasteiger partial charge in [0.1, 0.15) is 5.82 Å². The molecule has 0 saturated heterocycles. The van der Waals surface area contributed by atoms with Crippen molar-refractivity contribution < 1.29 is 9.31 Å². The molecule has 0 fully saturated rings. The molecule has 1 N–H and O–H groups in total. The van der Waals surface area contributed by atoms with Gasteiger partial charge in [0.25, 0.3) is 5.69 Å². The lowest BCUT2D eigenvalue weighted by Crippen LogP contribution is -2.16. The standard InChI is InChI=1S/C16H17FN2O2/c17-15-8-9-16(19(20)21)14(11-15)12-18-10-4-7-13-5-2-1-3-6-13/h1-3,5-6,8-9,11,18H,4,7,10,12H2. The maximum Gasteiger partial charge on any atom is 0.274 e. The number of benzene rings is 2. The lowest BCUT2D eigenvalue weighted by molar-refractivity contribution is -0.385. The number of nitrogens with zero attached hydrogens (tertiary/aromatic N) is 1. The van der Waals surface area contributed by atoms with Crippen LogP contribution in [0.3, 0.4) is 0 Å². The zero-order chi connectivity index (χ0) is 15.1. The van der Waals surface area contributed by atoms with E-state index in [-0.39, 0.29) is 5.69 Å². The Bertz CT molecular complexity index is 602. The summed E-state index contributed by atoms with van der Waals surface area (Å²) in [5.41, 5.74) is 1.59. The molecule has 2 rings (SSSR count). The molecular formula is C16H17FN2O2. The van der Waals surface area contributed by atoms with Crippen molar-refractivity contribution in [3.63, 3.8) is 0 Å². The minimum absolute atomic E-state index is 0.0491. The molecule has 0 aliphatic heterocycles. The van der Waals surface area contributed by atoms with E-state index < -0.39 is 10.7 Å². The molecule has 0 aliphatic rings. The first kappa shape index (κ1) is 15.1. The number of hydrogen-bond acceptors (Lipinski definition) is 3. The fourth-order valence-electron chi connectivity index (χ4n) is 2.16. The molecule has 0 spiro atoms. The van der Waals surface area contributed by atoms with Crippen LogP contribution in [0.4, 0.5) is 10.1 Å². The quantitative estimate of drug-likeness (QED) is 0.482. The Balaban J connectivity index is 1.81. The van der Waals surface area contributed by atoms with Gasteiger partial charge in [0, 0.05) is 18.2 Å². The van der Waals surface area contributed by atoms with Gasteiger partial charge in [-0.3, -0.25) is 10.1 Å².